The fourth-order valence-corrected chi connectivity index (χ4v) is 5.28. The molecule has 2 aromatic rings. The van der Waals surface area contributed by atoms with Gasteiger partial charge in [-0.1, -0.05) is 59.4 Å². The van der Waals surface area contributed by atoms with E-state index in [0.717, 1.165) is 46.8 Å². The van der Waals surface area contributed by atoms with Gasteiger partial charge in [-0.05, 0) is 50.2 Å². The Labute approximate surface area is 193 Å². The predicted octanol–water partition coefficient (Wildman–Crippen LogP) is 5.56. The molecule has 0 saturated heterocycles. The van der Waals surface area contributed by atoms with E-state index in [1.165, 1.54) is 35.3 Å². The van der Waals surface area contributed by atoms with Crippen molar-refractivity contribution in [2.45, 2.75) is 39.5 Å². The molecule has 0 bridgehead atoms. The molecule has 2 aliphatic carbocycles. The molecule has 2 N–H and O–H groups in total. The molecule has 0 unspecified atom stereocenters. The molecule has 1 aliphatic heterocycles. The van der Waals surface area contributed by atoms with Crippen LogP contribution >= 0.6 is 11.3 Å². The highest BCUT2D eigenvalue weighted by Gasteiger charge is 2.31. The van der Waals surface area contributed by atoms with E-state index in [2.05, 4.69) is 49.2 Å². The Balaban J connectivity index is 1.40. The lowest BCUT2D eigenvalue weighted by molar-refractivity contribution is 0.0745. The normalized spacial score (nSPS) is 17.3. The summed E-state index contributed by atoms with van der Waals surface area (Å²) in [6, 6.07) is 8.17. The largest absolute Gasteiger partial charge is 0.375 e. The van der Waals surface area contributed by atoms with Crippen molar-refractivity contribution in [1.29, 1.82) is 0 Å². The standard InChI is InChI=1S/C26H28N4OS/c1-16-6-5-7-19(14-16)24-23(29-26(27)32-24)25(31)30(15-18-10-11-18)13-12-20-17(2)28-22-9-4-3-8-21(20)22/h3-8,14,18H,9-13,15H2,1-2H3,(H2,27,29). The Morgan fingerprint density at radius 3 is 2.91 bits per heavy atom. The summed E-state index contributed by atoms with van der Waals surface area (Å²) >= 11 is 1.39. The van der Waals surface area contributed by atoms with Crippen LogP contribution in [0.2, 0.25) is 0 Å². The minimum absolute atomic E-state index is 0.0173. The zero-order chi connectivity index (χ0) is 22.2. The highest BCUT2D eigenvalue weighted by atomic mass is 32.1. The fraction of sp³-hybridized carbons (Fsp3) is 0.346. The molecule has 1 fully saturated rings. The van der Waals surface area contributed by atoms with Crippen molar-refractivity contribution < 1.29 is 4.79 Å². The lowest BCUT2D eigenvalue weighted by Crippen LogP contribution is -2.34. The van der Waals surface area contributed by atoms with Gasteiger partial charge in [0.05, 0.1) is 10.6 Å². The number of carbonyl (C=O) groups is 1. The Hall–Kier alpha value is -2.99. The van der Waals surface area contributed by atoms with Gasteiger partial charge in [0.15, 0.2) is 5.13 Å². The smallest absolute Gasteiger partial charge is 0.274 e. The van der Waals surface area contributed by atoms with E-state index in [4.69, 9.17) is 10.7 Å². The summed E-state index contributed by atoms with van der Waals surface area (Å²) in [5.41, 5.74) is 13.4. The average Bonchev–Trinajstić information content (AvgIpc) is 3.42. The van der Waals surface area contributed by atoms with Gasteiger partial charge in [0.1, 0.15) is 5.69 Å². The summed E-state index contributed by atoms with van der Waals surface area (Å²) in [5, 5.41) is 0.433. The number of carbonyl (C=O) groups excluding carboxylic acids is 1. The molecule has 32 heavy (non-hydrogen) atoms. The average molecular weight is 445 g/mol. The maximum Gasteiger partial charge on any atom is 0.274 e. The maximum absolute atomic E-state index is 13.7. The number of hydrogen-bond donors (Lipinski definition) is 1. The molecule has 6 heteroatoms. The molecule has 3 aliphatic rings. The van der Waals surface area contributed by atoms with Gasteiger partial charge in [-0.2, -0.15) is 0 Å². The molecule has 5 nitrogen and oxygen atoms in total. The maximum atomic E-state index is 13.7. The number of nitrogens with zero attached hydrogens (tertiary/aromatic N) is 3. The van der Waals surface area contributed by atoms with Crippen LogP contribution in [0, 0.1) is 12.8 Å². The van der Waals surface area contributed by atoms with E-state index in [1.54, 1.807) is 0 Å². The first kappa shape index (κ1) is 20.9. The van der Waals surface area contributed by atoms with Crippen molar-refractivity contribution in [3.8, 4) is 10.4 Å². The molecule has 2 heterocycles. The van der Waals surface area contributed by atoms with Gasteiger partial charge in [0.2, 0.25) is 0 Å². The summed E-state index contributed by atoms with van der Waals surface area (Å²) < 4.78 is 0. The number of thiazole rings is 1. The summed E-state index contributed by atoms with van der Waals surface area (Å²) in [4.78, 5) is 25.8. The first-order valence-electron chi connectivity index (χ1n) is 11.3. The van der Waals surface area contributed by atoms with Crippen molar-refractivity contribution in [3.05, 3.63) is 70.6 Å². The van der Waals surface area contributed by atoms with Crippen LogP contribution in [0.4, 0.5) is 5.13 Å². The van der Waals surface area contributed by atoms with Crippen molar-refractivity contribution in [2.24, 2.45) is 10.9 Å². The van der Waals surface area contributed by atoms with Crippen LogP contribution in [0.5, 0.6) is 0 Å². The third-order valence-electron chi connectivity index (χ3n) is 6.31. The van der Waals surface area contributed by atoms with Gasteiger partial charge < -0.3 is 10.6 Å². The van der Waals surface area contributed by atoms with E-state index >= 15 is 0 Å². The molecule has 1 saturated carbocycles. The van der Waals surface area contributed by atoms with Crippen molar-refractivity contribution in [2.75, 3.05) is 18.8 Å². The topological polar surface area (TPSA) is 71.6 Å². The first-order chi connectivity index (χ1) is 15.5. The van der Waals surface area contributed by atoms with Gasteiger partial charge >= 0.3 is 0 Å². The third-order valence-corrected chi connectivity index (χ3v) is 7.24. The van der Waals surface area contributed by atoms with Crippen LogP contribution in [0.15, 0.2) is 64.3 Å². The number of rotatable bonds is 7. The van der Waals surface area contributed by atoms with Gasteiger partial charge in [-0.3, -0.25) is 9.79 Å². The second-order valence-electron chi connectivity index (χ2n) is 8.88. The van der Waals surface area contributed by atoms with Gasteiger partial charge in [0.25, 0.3) is 5.91 Å². The molecule has 0 atom stereocenters. The highest BCUT2D eigenvalue weighted by molar-refractivity contribution is 7.19. The summed E-state index contributed by atoms with van der Waals surface area (Å²) in [6.45, 7) is 5.57. The number of amides is 1. The molecule has 0 spiro atoms. The molecule has 0 radical (unpaired) electrons. The number of benzene rings is 1. The lowest BCUT2D eigenvalue weighted by Gasteiger charge is -2.23. The third kappa shape index (κ3) is 4.19. The van der Waals surface area contributed by atoms with Crippen LogP contribution in [0.3, 0.4) is 0 Å². The number of aliphatic imine (C=N–C) groups is 1. The Kier molecular flexibility index (Phi) is 5.55. The highest BCUT2D eigenvalue weighted by Crippen LogP contribution is 2.36. The van der Waals surface area contributed by atoms with Gasteiger partial charge in [-0.15, -0.1) is 0 Å². The molecular formula is C26H28N4OS. The summed E-state index contributed by atoms with van der Waals surface area (Å²) in [6.07, 6.45) is 10.5. The van der Waals surface area contributed by atoms with Crippen molar-refractivity contribution in [3.63, 3.8) is 0 Å². The monoisotopic (exact) mass is 444 g/mol. The van der Waals surface area contributed by atoms with Crippen LogP contribution in [-0.4, -0.2) is 34.6 Å². The quantitative estimate of drug-likeness (QED) is 0.608. The number of nitrogen functional groups attached to an aromatic ring is 1. The van der Waals surface area contributed by atoms with Gasteiger partial charge in [-0.25, -0.2) is 4.98 Å². The van der Waals surface area contributed by atoms with Crippen LogP contribution in [0.1, 0.15) is 48.7 Å². The summed E-state index contributed by atoms with van der Waals surface area (Å²) in [7, 11) is 0. The van der Waals surface area contributed by atoms with E-state index < -0.39 is 0 Å². The van der Waals surface area contributed by atoms with E-state index in [-0.39, 0.29) is 5.91 Å². The first-order valence-corrected chi connectivity index (χ1v) is 12.1. The number of aromatic nitrogens is 1. The van der Waals surface area contributed by atoms with E-state index in [0.29, 0.717) is 23.3 Å². The number of fused-ring (bicyclic) bond motifs is 1. The van der Waals surface area contributed by atoms with E-state index in [1.807, 2.05) is 17.0 Å². The van der Waals surface area contributed by atoms with Crippen LogP contribution in [-0.2, 0) is 0 Å². The SMILES string of the molecule is CC1=C(CCN(CC2CC2)C(=O)c2nc(N)sc2-c2cccc(C)c2)C2=CC=CCC2=N1. The molecule has 1 amide bonds. The molecular weight excluding hydrogens is 416 g/mol. The van der Waals surface area contributed by atoms with Crippen LogP contribution in [0.25, 0.3) is 10.4 Å². The number of anilines is 1. The minimum Gasteiger partial charge on any atom is -0.375 e. The zero-order valence-electron chi connectivity index (χ0n) is 18.6. The minimum atomic E-state index is -0.0173. The summed E-state index contributed by atoms with van der Waals surface area (Å²) in [5.74, 6) is 0.580. The number of nitrogens with two attached hydrogens (primary N) is 1. The van der Waals surface area contributed by atoms with Crippen LogP contribution < -0.4 is 5.73 Å². The Morgan fingerprint density at radius 2 is 2.12 bits per heavy atom. The van der Waals surface area contributed by atoms with E-state index in [9.17, 15) is 4.79 Å². The van der Waals surface area contributed by atoms with Gasteiger partial charge in [0, 0.05) is 30.8 Å². The second-order valence-corrected chi connectivity index (χ2v) is 9.91. The zero-order valence-corrected chi connectivity index (χ0v) is 19.4. The predicted molar refractivity (Wildman–Crippen MR) is 132 cm³/mol. The van der Waals surface area contributed by atoms with Crippen molar-refractivity contribution in [1.82, 2.24) is 9.88 Å². The Morgan fingerprint density at radius 1 is 1.28 bits per heavy atom. The number of allylic oxidation sites excluding steroid dienone is 5. The molecule has 164 valence electrons. The Bertz CT molecular complexity index is 1200. The second kappa shape index (κ2) is 8.51. The molecule has 1 aromatic carbocycles. The number of aryl methyl sites for hydroxylation is 1. The fourth-order valence-electron chi connectivity index (χ4n) is 4.46. The molecule has 5 rings (SSSR count). The lowest BCUT2D eigenvalue weighted by atomic mass is 9.94. The van der Waals surface area contributed by atoms with Crippen molar-refractivity contribution >= 4 is 28.1 Å². The molecule has 1 aromatic heterocycles. The number of hydrogen-bond acceptors (Lipinski definition) is 5.